The van der Waals surface area contributed by atoms with Crippen LogP contribution in [0.3, 0.4) is 0 Å². The topological polar surface area (TPSA) is 30.7 Å². The molecule has 0 bridgehead atoms. The summed E-state index contributed by atoms with van der Waals surface area (Å²) in [7, 11) is 1.99. The molecule has 0 spiro atoms. The van der Waals surface area contributed by atoms with Crippen LogP contribution in [-0.4, -0.2) is 15.0 Å². The van der Waals surface area contributed by atoms with Gasteiger partial charge in [0.05, 0.1) is 11.4 Å². The third-order valence-corrected chi connectivity index (χ3v) is 2.60. The van der Waals surface area contributed by atoms with E-state index in [9.17, 15) is 0 Å². The van der Waals surface area contributed by atoms with Crippen LogP contribution >= 0.6 is 0 Å². The molecule has 122 valence electrons. The highest BCUT2D eigenvalue weighted by Crippen LogP contribution is 2.16. The summed E-state index contributed by atoms with van der Waals surface area (Å²) >= 11 is 0. The molecule has 3 heteroatoms. The standard InChI is InChI=1S/C9H15N3.4C2H6/c1-12-9-7-5-3-2-4-6-8(9)10-11-12;4*1-2/h2-7H2,1H3;4*1-2H3. The molecule has 0 saturated heterocycles. The molecule has 0 radical (unpaired) electrons. The smallest absolute Gasteiger partial charge is 0.0859 e. The van der Waals surface area contributed by atoms with Gasteiger partial charge in [-0.2, -0.15) is 0 Å². The highest BCUT2D eigenvalue weighted by molar-refractivity contribution is 5.10. The molecule has 1 aliphatic carbocycles. The van der Waals surface area contributed by atoms with E-state index < -0.39 is 0 Å². The van der Waals surface area contributed by atoms with Gasteiger partial charge in [0.25, 0.3) is 0 Å². The molecule has 2 rings (SSSR count). The van der Waals surface area contributed by atoms with Crippen LogP contribution in [0.1, 0.15) is 92.5 Å². The Morgan fingerprint density at radius 3 is 1.65 bits per heavy atom. The van der Waals surface area contributed by atoms with Crippen molar-refractivity contribution in [3.8, 4) is 0 Å². The number of hydrogen-bond donors (Lipinski definition) is 0. The first kappa shape index (κ1) is 24.2. The molecule has 0 saturated carbocycles. The van der Waals surface area contributed by atoms with Crippen LogP contribution in [0.5, 0.6) is 0 Å². The van der Waals surface area contributed by atoms with Crippen molar-refractivity contribution in [2.45, 2.75) is 93.9 Å². The molecule has 1 aromatic heterocycles. The van der Waals surface area contributed by atoms with Crippen LogP contribution < -0.4 is 0 Å². The number of nitrogens with zero attached hydrogens (tertiary/aromatic N) is 3. The largest absolute Gasteiger partial charge is 0.252 e. The molecule has 0 N–H and O–H groups in total. The molecule has 1 aliphatic rings. The summed E-state index contributed by atoms with van der Waals surface area (Å²) in [6.07, 6.45) is 7.60. The summed E-state index contributed by atoms with van der Waals surface area (Å²) in [4.78, 5) is 0. The highest BCUT2D eigenvalue weighted by Gasteiger charge is 2.11. The van der Waals surface area contributed by atoms with Gasteiger partial charge in [0.1, 0.15) is 0 Å². The predicted octanol–water partition coefficient (Wildman–Crippen LogP) is 5.58. The van der Waals surface area contributed by atoms with Crippen molar-refractivity contribution in [2.24, 2.45) is 7.05 Å². The van der Waals surface area contributed by atoms with Crippen molar-refractivity contribution in [3.05, 3.63) is 11.4 Å². The maximum absolute atomic E-state index is 4.17. The molecule has 0 aromatic carbocycles. The third-order valence-electron chi connectivity index (χ3n) is 2.60. The van der Waals surface area contributed by atoms with Crippen LogP contribution in [-0.2, 0) is 19.9 Å². The molecule has 0 unspecified atom stereocenters. The second kappa shape index (κ2) is 20.5. The Morgan fingerprint density at radius 2 is 1.15 bits per heavy atom. The summed E-state index contributed by atoms with van der Waals surface area (Å²) in [5.74, 6) is 0. The van der Waals surface area contributed by atoms with Crippen LogP contribution in [0.2, 0.25) is 0 Å². The molecule has 3 nitrogen and oxygen atoms in total. The number of fused-ring (bicyclic) bond motifs is 1. The molecular weight excluding hydrogens is 246 g/mol. The van der Waals surface area contributed by atoms with E-state index in [4.69, 9.17) is 0 Å². The number of aromatic nitrogens is 3. The molecule has 1 aromatic rings. The zero-order chi connectivity index (χ0) is 16.4. The average molecular weight is 286 g/mol. The first-order chi connectivity index (χ1) is 9.88. The number of hydrogen-bond acceptors (Lipinski definition) is 2. The lowest BCUT2D eigenvalue weighted by Crippen LogP contribution is -2.03. The highest BCUT2D eigenvalue weighted by atomic mass is 15.4. The predicted molar refractivity (Wildman–Crippen MR) is 92.3 cm³/mol. The molecule has 1 heterocycles. The number of rotatable bonds is 0. The van der Waals surface area contributed by atoms with Gasteiger partial charge in [-0.25, -0.2) is 0 Å². The SMILES string of the molecule is CC.CC.CC.CC.Cn1nnc2c1CCCCCC2. The van der Waals surface area contributed by atoms with E-state index in [0.717, 1.165) is 6.42 Å². The Labute approximate surface area is 128 Å². The van der Waals surface area contributed by atoms with Gasteiger partial charge in [-0.1, -0.05) is 73.4 Å². The van der Waals surface area contributed by atoms with Gasteiger partial charge in [0.15, 0.2) is 0 Å². The Morgan fingerprint density at radius 1 is 0.700 bits per heavy atom. The monoisotopic (exact) mass is 285 g/mol. The maximum Gasteiger partial charge on any atom is 0.0859 e. The van der Waals surface area contributed by atoms with E-state index in [1.54, 1.807) is 0 Å². The van der Waals surface area contributed by atoms with E-state index in [1.165, 1.54) is 43.5 Å². The molecule has 0 atom stereocenters. The van der Waals surface area contributed by atoms with Crippen molar-refractivity contribution in [1.29, 1.82) is 0 Å². The van der Waals surface area contributed by atoms with E-state index in [2.05, 4.69) is 10.3 Å². The lowest BCUT2D eigenvalue weighted by Gasteiger charge is -2.08. The van der Waals surface area contributed by atoms with Gasteiger partial charge < -0.3 is 0 Å². The lowest BCUT2D eigenvalue weighted by atomic mass is 10.0. The van der Waals surface area contributed by atoms with E-state index in [1.807, 2.05) is 67.1 Å². The van der Waals surface area contributed by atoms with Gasteiger partial charge in [-0.3, -0.25) is 4.68 Å². The quantitative estimate of drug-likeness (QED) is 0.623. The van der Waals surface area contributed by atoms with E-state index in [-0.39, 0.29) is 0 Å². The van der Waals surface area contributed by atoms with E-state index in [0.29, 0.717) is 0 Å². The fourth-order valence-corrected chi connectivity index (χ4v) is 1.86. The second-order valence-electron chi connectivity index (χ2n) is 3.52. The third kappa shape index (κ3) is 9.99. The molecular formula is C17H39N3. The minimum atomic E-state index is 1.13. The van der Waals surface area contributed by atoms with Crippen molar-refractivity contribution in [2.75, 3.05) is 0 Å². The van der Waals surface area contributed by atoms with Crippen molar-refractivity contribution in [3.63, 3.8) is 0 Å². The van der Waals surface area contributed by atoms with Gasteiger partial charge >= 0.3 is 0 Å². The van der Waals surface area contributed by atoms with Gasteiger partial charge in [-0.05, 0) is 25.7 Å². The van der Waals surface area contributed by atoms with Gasteiger partial charge in [0, 0.05) is 7.05 Å². The Bertz CT molecular complexity index is 267. The first-order valence-electron chi connectivity index (χ1n) is 8.75. The normalized spacial score (nSPS) is 12.1. The summed E-state index contributed by atoms with van der Waals surface area (Å²) < 4.78 is 1.93. The Kier molecular flexibility index (Phi) is 24.7. The van der Waals surface area contributed by atoms with Gasteiger partial charge in [-0.15, -0.1) is 5.10 Å². The lowest BCUT2D eigenvalue weighted by molar-refractivity contribution is 0.591. The first-order valence-corrected chi connectivity index (χ1v) is 8.75. The summed E-state index contributed by atoms with van der Waals surface area (Å²) in [5, 5.41) is 8.22. The van der Waals surface area contributed by atoms with Crippen LogP contribution in [0, 0.1) is 0 Å². The molecule has 0 amide bonds. The molecule has 0 fully saturated rings. The van der Waals surface area contributed by atoms with Crippen LogP contribution in [0.25, 0.3) is 0 Å². The summed E-state index contributed by atoms with van der Waals surface area (Å²) in [6, 6.07) is 0. The fourth-order valence-electron chi connectivity index (χ4n) is 1.86. The minimum absolute atomic E-state index is 1.13. The van der Waals surface area contributed by atoms with Crippen LogP contribution in [0.4, 0.5) is 0 Å². The zero-order valence-corrected chi connectivity index (χ0v) is 15.6. The second-order valence-corrected chi connectivity index (χ2v) is 3.52. The van der Waals surface area contributed by atoms with Crippen molar-refractivity contribution < 1.29 is 0 Å². The zero-order valence-electron chi connectivity index (χ0n) is 15.6. The fraction of sp³-hybridized carbons (Fsp3) is 0.882. The maximum atomic E-state index is 4.17. The van der Waals surface area contributed by atoms with Crippen LogP contribution in [0.15, 0.2) is 0 Å². The average Bonchev–Trinajstić information content (AvgIpc) is 2.86. The summed E-state index contributed by atoms with van der Waals surface area (Å²) in [5.41, 5.74) is 2.59. The van der Waals surface area contributed by atoms with Crippen molar-refractivity contribution >= 4 is 0 Å². The Balaban J connectivity index is -0.000000314. The molecule has 0 aliphatic heterocycles. The Hall–Kier alpha value is -0.860. The molecule has 20 heavy (non-hydrogen) atoms. The number of aryl methyl sites for hydroxylation is 2. The van der Waals surface area contributed by atoms with Crippen molar-refractivity contribution in [1.82, 2.24) is 15.0 Å². The van der Waals surface area contributed by atoms with E-state index >= 15 is 0 Å². The van der Waals surface area contributed by atoms with Gasteiger partial charge in [0.2, 0.25) is 0 Å². The minimum Gasteiger partial charge on any atom is -0.252 e. The summed E-state index contributed by atoms with van der Waals surface area (Å²) in [6.45, 7) is 16.0.